The van der Waals surface area contributed by atoms with Gasteiger partial charge in [-0.2, -0.15) is 0 Å². The second-order valence-corrected chi connectivity index (χ2v) is 2.93. The minimum atomic E-state index is -1.18. The molecule has 0 fully saturated rings. The smallest absolute Gasteiger partial charge is 0.361 e. The van der Waals surface area contributed by atoms with Gasteiger partial charge in [-0.25, -0.2) is 4.79 Å². The molecule has 0 bridgehead atoms. The Morgan fingerprint density at radius 1 is 1.77 bits per heavy atom. The number of methoxy groups -OCH3 is 1. The standard InChI is InChI=1S/C8H9NO4/c1-5-6-8(13-9-5,3-4-12-6)7(10)11-2/h3-4,6H,1-2H3. The number of carbonyl (C=O) groups excluding carboxylic acids is 1. The molecule has 0 aliphatic carbocycles. The van der Waals surface area contributed by atoms with Crippen molar-refractivity contribution in [2.45, 2.75) is 18.6 Å². The van der Waals surface area contributed by atoms with Crippen LogP contribution in [0.2, 0.25) is 0 Å². The van der Waals surface area contributed by atoms with E-state index in [0.29, 0.717) is 5.71 Å². The lowest BCUT2D eigenvalue weighted by molar-refractivity contribution is -0.164. The topological polar surface area (TPSA) is 57.1 Å². The number of nitrogens with zero attached hydrogens (tertiary/aromatic N) is 1. The number of ether oxygens (including phenoxy) is 2. The molecule has 0 spiro atoms. The number of oxime groups is 1. The largest absolute Gasteiger partial charge is 0.487 e. The van der Waals surface area contributed by atoms with E-state index in [1.807, 2.05) is 0 Å². The summed E-state index contributed by atoms with van der Waals surface area (Å²) in [7, 11) is 1.30. The van der Waals surface area contributed by atoms with Gasteiger partial charge in [0.15, 0.2) is 6.10 Å². The number of rotatable bonds is 1. The van der Waals surface area contributed by atoms with E-state index in [0.717, 1.165) is 0 Å². The quantitative estimate of drug-likeness (QED) is 0.545. The molecule has 13 heavy (non-hydrogen) atoms. The van der Waals surface area contributed by atoms with Gasteiger partial charge < -0.3 is 14.3 Å². The Morgan fingerprint density at radius 2 is 2.54 bits per heavy atom. The molecule has 5 heteroatoms. The van der Waals surface area contributed by atoms with Gasteiger partial charge in [0, 0.05) is 6.08 Å². The normalized spacial score (nSPS) is 34.6. The lowest BCUT2D eigenvalue weighted by Crippen LogP contribution is -2.47. The number of hydrogen-bond acceptors (Lipinski definition) is 5. The van der Waals surface area contributed by atoms with Gasteiger partial charge in [-0.1, -0.05) is 5.16 Å². The molecule has 0 aromatic rings. The fourth-order valence-corrected chi connectivity index (χ4v) is 1.46. The molecule has 2 aliphatic heterocycles. The maximum absolute atomic E-state index is 11.4. The van der Waals surface area contributed by atoms with Gasteiger partial charge in [-0.05, 0) is 6.92 Å². The van der Waals surface area contributed by atoms with Crippen molar-refractivity contribution in [3.63, 3.8) is 0 Å². The first-order valence-electron chi connectivity index (χ1n) is 3.85. The van der Waals surface area contributed by atoms with E-state index < -0.39 is 17.7 Å². The van der Waals surface area contributed by atoms with Crippen LogP contribution < -0.4 is 0 Å². The van der Waals surface area contributed by atoms with Crippen LogP contribution >= 0.6 is 0 Å². The lowest BCUT2D eigenvalue weighted by Gasteiger charge is -2.20. The molecule has 2 aliphatic rings. The molecule has 2 unspecified atom stereocenters. The van der Waals surface area contributed by atoms with E-state index in [-0.39, 0.29) is 0 Å². The molecule has 0 radical (unpaired) electrons. The summed E-state index contributed by atoms with van der Waals surface area (Å²) in [6.45, 7) is 1.74. The lowest BCUT2D eigenvalue weighted by atomic mass is 9.96. The highest BCUT2D eigenvalue weighted by Crippen LogP contribution is 2.34. The fraction of sp³-hybridized carbons (Fsp3) is 0.500. The van der Waals surface area contributed by atoms with Gasteiger partial charge in [-0.3, -0.25) is 0 Å². The first-order chi connectivity index (χ1) is 6.20. The fourth-order valence-electron chi connectivity index (χ4n) is 1.46. The molecule has 2 atom stereocenters. The molecule has 2 rings (SSSR count). The van der Waals surface area contributed by atoms with Gasteiger partial charge in [0.05, 0.1) is 19.1 Å². The zero-order valence-corrected chi connectivity index (χ0v) is 7.31. The van der Waals surface area contributed by atoms with Crippen molar-refractivity contribution in [1.82, 2.24) is 0 Å². The third-order valence-electron chi connectivity index (χ3n) is 2.14. The van der Waals surface area contributed by atoms with E-state index in [9.17, 15) is 4.79 Å². The second-order valence-electron chi connectivity index (χ2n) is 2.93. The predicted octanol–water partition coefficient (Wildman–Crippen LogP) is 0.217. The molecule has 0 aromatic heterocycles. The minimum absolute atomic E-state index is 0.472. The Kier molecular flexibility index (Phi) is 1.55. The number of esters is 1. The number of hydrogen-bond donors (Lipinski definition) is 0. The van der Waals surface area contributed by atoms with Crippen molar-refractivity contribution >= 4 is 11.7 Å². The van der Waals surface area contributed by atoms with Gasteiger partial charge in [0.1, 0.15) is 0 Å². The molecule has 70 valence electrons. The average Bonchev–Trinajstić information content (AvgIpc) is 2.67. The summed E-state index contributed by atoms with van der Waals surface area (Å²) in [6, 6.07) is 0. The monoisotopic (exact) mass is 183 g/mol. The van der Waals surface area contributed by atoms with Crippen molar-refractivity contribution in [2.75, 3.05) is 7.11 Å². The van der Waals surface area contributed by atoms with E-state index >= 15 is 0 Å². The Labute approximate surface area is 74.9 Å². The summed E-state index contributed by atoms with van der Waals surface area (Å²) in [4.78, 5) is 16.4. The maximum atomic E-state index is 11.4. The Morgan fingerprint density at radius 3 is 3.23 bits per heavy atom. The van der Waals surface area contributed by atoms with Crippen LogP contribution in [0.1, 0.15) is 6.92 Å². The first-order valence-corrected chi connectivity index (χ1v) is 3.85. The highest BCUT2D eigenvalue weighted by molar-refractivity contribution is 5.98. The number of carbonyl (C=O) groups is 1. The summed E-state index contributed by atoms with van der Waals surface area (Å²) < 4.78 is 9.80. The molecular formula is C8H9NO4. The van der Waals surface area contributed by atoms with Crippen LogP contribution in [0, 0.1) is 0 Å². The Balaban J connectivity index is 2.33. The van der Waals surface area contributed by atoms with Gasteiger partial charge in [0.2, 0.25) is 0 Å². The molecule has 5 nitrogen and oxygen atoms in total. The molecule has 0 saturated heterocycles. The van der Waals surface area contributed by atoms with Gasteiger partial charge in [-0.15, -0.1) is 0 Å². The summed E-state index contributed by atoms with van der Waals surface area (Å²) in [5.41, 5.74) is -0.547. The number of fused-ring (bicyclic) bond motifs is 1. The predicted molar refractivity (Wildman–Crippen MR) is 43.0 cm³/mol. The van der Waals surface area contributed by atoms with Crippen LogP contribution in [0.5, 0.6) is 0 Å². The SMILES string of the molecule is COC(=O)C12C=COC1C(C)=NO2. The van der Waals surface area contributed by atoms with Crippen molar-refractivity contribution in [3.8, 4) is 0 Å². The van der Waals surface area contributed by atoms with E-state index in [1.165, 1.54) is 19.4 Å². The zero-order chi connectivity index (χ0) is 9.47. The summed E-state index contributed by atoms with van der Waals surface area (Å²) in [5, 5.41) is 3.70. The summed E-state index contributed by atoms with van der Waals surface area (Å²) in [5.74, 6) is -0.494. The molecule has 0 N–H and O–H groups in total. The molecule has 2 heterocycles. The average molecular weight is 183 g/mol. The molecule has 0 saturated carbocycles. The van der Waals surface area contributed by atoms with Crippen LogP contribution in [0.3, 0.4) is 0 Å². The van der Waals surface area contributed by atoms with Crippen LogP contribution in [-0.2, 0) is 19.1 Å². The third kappa shape index (κ3) is 0.867. The Hall–Kier alpha value is -1.52. The zero-order valence-electron chi connectivity index (χ0n) is 7.31. The van der Waals surface area contributed by atoms with E-state index in [4.69, 9.17) is 9.57 Å². The first kappa shape index (κ1) is 8.10. The Bertz CT molecular complexity index is 309. The second kappa shape index (κ2) is 2.48. The van der Waals surface area contributed by atoms with Crippen LogP contribution in [-0.4, -0.2) is 30.5 Å². The van der Waals surface area contributed by atoms with Crippen molar-refractivity contribution in [1.29, 1.82) is 0 Å². The van der Waals surface area contributed by atoms with Crippen LogP contribution in [0.25, 0.3) is 0 Å². The minimum Gasteiger partial charge on any atom is -0.487 e. The highest BCUT2D eigenvalue weighted by Gasteiger charge is 2.57. The van der Waals surface area contributed by atoms with Gasteiger partial charge >= 0.3 is 5.97 Å². The molecular weight excluding hydrogens is 174 g/mol. The van der Waals surface area contributed by atoms with Crippen molar-refractivity contribution in [2.24, 2.45) is 5.16 Å². The van der Waals surface area contributed by atoms with Crippen molar-refractivity contribution in [3.05, 3.63) is 12.3 Å². The molecule has 0 amide bonds. The van der Waals surface area contributed by atoms with E-state index in [1.54, 1.807) is 6.92 Å². The highest BCUT2D eigenvalue weighted by atomic mass is 16.7. The maximum Gasteiger partial charge on any atom is 0.361 e. The molecule has 0 aromatic carbocycles. The van der Waals surface area contributed by atoms with Gasteiger partial charge in [0.25, 0.3) is 5.60 Å². The van der Waals surface area contributed by atoms with E-state index in [2.05, 4.69) is 9.89 Å². The van der Waals surface area contributed by atoms with Crippen LogP contribution in [0.4, 0.5) is 0 Å². The van der Waals surface area contributed by atoms with Crippen LogP contribution in [0.15, 0.2) is 17.5 Å². The third-order valence-corrected chi connectivity index (χ3v) is 2.14. The summed E-state index contributed by atoms with van der Waals surface area (Å²) >= 11 is 0. The van der Waals surface area contributed by atoms with Crippen molar-refractivity contribution < 1.29 is 19.1 Å². The summed E-state index contributed by atoms with van der Waals surface area (Å²) in [6.07, 6.45) is 2.48.